The molecule has 0 aliphatic rings. The van der Waals surface area contributed by atoms with E-state index in [-0.39, 0.29) is 12.3 Å². The number of aliphatic hydroxyl groups is 2. The summed E-state index contributed by atoms with van der Waals surface area (Å²) in [5.74, 6) is -0.149. The van der Waals surface area contributed by atoms with Crippen LogP contribution in [0.4, 0.5) is 0 Å². The normalized spacial score (nSPS) is 16.8. The zero-order valence-electron chi connectivity index (χ0n) is 23.6. The number of likely N-dealkylation sites (N-methyl/N-ethyl adjacent to an activating group) is 1. The molecule has 0 aliphatic carbocycles. The molecule has 3 N–H and O–H groups in total. The number of Topliss-reactive ketones (excluding diaryl/α,β-unsaturated/α-hetero) is 1. The molecule has 3 atom stereocenters. The SMILES string of the molecule is CCCCCCCC/C=C\CCCCCCCC(=O)[C]([SnH3])(C[N+](C)(C)C)OP(=O)(O)OCC(O)CO. The molecule has 0 aliphatic heterocycles. The molecule has 3 unspecified atom stereocenters. The first kappa shape index (κ1) is 36.2. The Bertz CT molecular complexity index is 657. The summed E-state index contributed by atoms with van der Waals surface area (Å²) in [6.07, 6.45) is 19.0. The summed E-state index contributed by atoms with van der Waals surface area (Å²) in [5.41, 5.74) is 0. The van der Waals surface area contributed by atoms with Crippen LogP contribution in [0.2, 0.25) is 0 Å². The van der Waals surface area contributed by atoms with Crippen molar-refractivity contribution in [3.8, 4) is 0 Å². The van der Waals surface area contributed by atoms with Crippen molar-refractivity contribution in [1.82, 2.24) is 0 Å². The summed E-state index contributed by atoms with van der Waals surface area (Å²) in [4.78, 5) is 23.2. The van der Waals surface area contributed by atoms with Gasteiger partial charge in [-0.15, -0.1) is 0 Å². The van der Waals surface area contributed by atoms with Gasteiger partial charge in [-0.2, -0.15) is 0 Å². The predicted molar refractivity (Wildman–Crippen MR) is 150 cm³/mol. The van der Waals surface area contributed by atoms with Crippen LogP contribution in [0.5, 0.6) is 0 Å². The average molecular weight is 643 g/mol. The van der Waals surface area contributed by atoms with Gasteiger partial charge >= 0.3 is 188 Å². The molecule has 0 bridgehead atoms. The third-order valence-corrected chi connectivity index (χ3v) is 11.2. The molecule has 10 heteroatoms. The minimum absolute atomic E-state index is 0.149. The molecule has 0 heterocycles. The van der Waals surface area contributed by atoms with Crippen molar-refractivity contribution in [3.63, 3.8) is 0 Å². The van der Waals surface area contributed by atoms with E-state index in [9.17, 15) is 19.4 Å². The second-order valence-corrected chi connectivity index (χ2v) is 17.1. The van der Waals surface area contributed by atoms with Crippen molar-refractivity contribution in [2.45, 2.75) is 107 Å². The molecule has 0 aromatic rings. The van der Waals surface area contributed by atoms with Crippen LogP contribution in [0.25, 0.3) is 0 Å². The molecular weight excluding hydrogens is 588 g/mol. The van der Waals surface area contributed by atoms with Crippen molar-refractivity contribution >= 4 is 36.1 Å². The van der Waals surface area contributed by atoms with Gasteiger partial charge in [0.2, 0.25) is 0 Å². The van der Waals surface area contributed by atoms with Gasteiger partial charge in [0, 0.05) is 0 Å². The number of allylic oxidation sites excluding steroid dienone is 2. The van der Waals surface area contributed by atoms with E-state index < -0.39 is 53.3 Å². The van der Waals surface area contributed by atoms with Crippen LogP contribution in [0, 0.1) is 0 Å². The summed E-state index contributed by atoms with van der Waals surface area (Å²) in [7, 11) is 1.16. The van der Waals surface area contributed by atoms with Crippen LogP contribution in [0.1, 0.15) is 96.8 Å². The summed E-state index contributed by atoms with van der Waals surface area (Å²) in [6.45, 7) is 1.39. The Morgan fingerprint density at radius 2 is 1.47 bits per heavy atom. The van der Waals surface area contributed by atoms with Gasteiger partial charge < -0.3 is 0 Å². The Morgan fingerprint density at radius 3 is 1.97 bits per heavy atom. The monoisotopic (exact) mass is 644 g/mol. The fourth-order valence-corrected chi connectivity index (χ4v) is 10.7. The van der Waals surface area contributed by atoms with Crippen LogP contribution in [0.3, 0.4) is 0 Å². The van der Waals surface area contributed by atoms with E-state index in [2.05, 4.69) is 19.1 Å². The molecule has 0 rings (SSSR count). The van der Waals surface area contributed by atoms with Gasteiger partial charge in [-0.1, -0.05) is 39.0 Å². The third-order valence-electron chi connectivity index (χ3n) is 5.99. The number of nitrogens with zero attached hydrogens (tertiary/aromatic N) is 1. The van der Waals surface area contributed by atoms with Crippen LogP contribution in [0.15, 0.2) is 12.2 Å². The maximum absolute atomic E-state index is 13.1. The first-order valence-electron chi connectivity index (χ1n) is 13.8. The Labute approximate surface area is 233 Å². The zero-order valence-corrected chi connectivity index (χ0v) is 30.2. The fraction of sp³-hybridized carbons (Fsp3) is 0.885. The van der Waals surface area contributed by atoms with Gasteiger partial charge in [0.05, 0.1) is 0 Å². The molecule has 36 heavy (non-hydrogen) atoms. The molecule has 214 valence electrons. The number of ketones is 1. The number of carbonyl (C=O) groups excluding carboxylic acids is 1. The van der Waals surface area contributed by atoms with Crippen LogP contribution < -0.4 is 0 Å². The molecule has 0 saturated heterocycles. The minimum atomic E-state index is -4.55. The third kappa shape index (κ3) is 20.2. The number of unbranched alkanes of at least 4 members (excludes halogenated alkanes) is 11. The molecule has 0 radical (unpaired) electrons. The van der Waals surface area contributed by atoms with Gasteiger partial charge in [0.25, 0.3) is 0 Å². The topological polar surface area (TPSA) is 113 Å². The quantitative estimate of drug-likeness (QED) is 0.0482. The van der Waals surface area contributed by atoms with Crippen molar-refractivity contribution in [1.29, 1.82) is 0 Å². The molecular formula is C26H55NO7PSn+. The van der Waals surface area contributed by atoms with E-state index in [1.165, 1.54) is 44.9 Å². The second-order valence-electron chi connectivity index (χ2n) is 11.1. The van der Waals surface area contributed by atoms with Gasteiger partial charge in [-0.3, -0.25) is 0 Å². The number of rotatable bonds is 24. The molecule has 0 aromatic carbocycles. The summed E-state index contributed by atoms with van der Waals surface area (Å²) in [6, 6.07) is 0. The molecule has 0 saturated carbocycles. The van der Waals surface area contributed by atoms with Gasteiger partial charge in [0.15, 0.2) is 0 Å². The summed E-state index contributed by atoms with van der Waals surface area (Å²) < 4.78 is 21.8. The number of phosphoric ester groups is 1. The first-order chi connectivity index (χ1) is 16.9. The Hall–Kier alpha value is 0.199. The van der Waals surface area contributed by atoms with Crippen molar-refractivity contribution < 1.29 is 38.0 Å². The van der Waals surface area contributed by atoms with E-state index in [0.717, 1.165) is 38.5 Å². The summed E-state index contributed by atoms with van der Waals surface area (Å²) >= 11 is -0.445. The Balaban J connectivity index is 4.32. The van der Waals surface area contributed by atoms with Gasteiger partial charge in [-0.05, 0) is 6.42 Å². The van der Waals surface area contributed by atoms with Crippen molar-refractivity contribution in [2.24, 2.45) is 0 Å². The van der Waals surface area contributed by atoms with Gasteiger partial charge in [-0.25, -0.2) is 0 Å². The Morgan fingerprint density at radius 1 is 0.972 bits per heavy atom. The van der Waals surface area contributed by atoms with E-state index in [4.69, 9.17) is 14.2 Å². The van der Waals surface area contributed by atoms with Crippen LogP contribution in [-0.4, -0.2) is 98.5 Å². The van der Waals surface area contributed by atoms with Crippen molar-refractivity contribution in [3.05, 3.63) is 12.2 Å². The summed E-state index contributed by atoms with van der Waals surface area (Å²) in [5, 5.41) is 18.3. The second kappa shape index (κ2) is 20.2. The molecule has 0 amide bonds. The van der Waals surface area contributed by atoms with E-state index >= 15 is 0 Å². The van der Waals surface area contributed by atoms with Crippen LogP contribution >= 0.6 is 7.82 Å². The standard InChI is InChI=1S/C26H51NO7P.Sn.3H/c1-5-6-7-8-9-10-11-12-13-14-15-16-17-18-19-20-25(30)26(21-27(2,3)4)34-35(31,32)33-23-24(29)22-28;;;;/h12-13,24,28-29H,5-11,14-23H2,1-4H3;;;;/p+1/b13-12-;;;;. The molecule has 0 aromatic heterocycles. The van der Waals surface area contributed by atoms with Crippen molar-refractivity contribution in [2.75, 3.05) is 40.9 Å². The molecule has 8 nitrogen and oxygen atoms in total. The molecule has 0 fully saturated rings. The van der Waals surface area contributed by atoms with Crippen LogP contribution in [-0.2, 0) is 18.4 Å². The van der Waals surface area contributed by atoms with Gasteiger partial charge in [0.1, 0.15) is 0 Å². The zero-order chi connectivity index (χ0) is 27.5. The van der Waals surface area contributed by atoms with E-state index in [1.54, 1.807) is 0 Å². The first-order valence-corrected chi connectivity index (χ1v) is 18.2. The average Bonchev–Trinajstić information content (AvgIpc) is 2.78. The number of phosphoric acid groups is 1. The number of hydrogen-bond donors (Lipinski definition) is 3. The molecule has 0 spiro atoms. The van der Waals surface area contributed by atoms with E-state index in [1.807, 2.05) is 21.1 Å². The number of hydrogen-bond acceptors (Lipinski definition) is 6. The predicted octanol–water partition coefficient (Wildman–Crippen LogP) is 3.85. The number of quaternary nitrogens is 1. The fourth-order valence-electron chi connectivity index (χ4n) is 4.21. The Kier molecular flexibility index (Phi) is 20.3. The van der Waals surface area contributed by atoms with E-state index in [0.29, 0.717) is 10.9 Å². The number of aliphatic hydroxyl groups excluding tert-OH is 2. The number of carbonyl (C=O) groups is 1. The maximum atomic E-state index is 13.1.